The van der Waals surface area contributed by atoms with Crippen molar-refractivity contribution in [2.75, 3.05) is 11.9 Å². The van der Waals surface area contributed by atoms with E-state index in [4.69, 9.17) is 16.3 Å². The maximum Gasteiger partial charge on any atom is 0.453 e. The fourth-order valence-electron chi connectivity index (χ4n) is 2.71. The maximum absolute atomic E-state index is 13.9. The zero-order valence-corrected chi connectivity index (χ0v) is 12.7. The molecule has 0 spiro atoms. The minimum Gasteiger partial charge on any atom is -0.421 e. The number of esters is 1. The Hall–Kier alpha value is -2.21. The fraction of sp³-hybridized carbons (Fsp3) is 0.188. The van der Waals surface area contributed by atoms with Crippen molar-refractivity contribution in [2.24, 2.45) is 0 Å². The van der Waals surface area contributed by atoms with Gasteiger partial charge in [-0.2, -0.15) is 13.2 Å². The van der Waals surface area contributed by atoms with E-state index in [2.05, 4.69) is 0 Å². The van der Waals surface area contributed by atoms with Crippen molar-refractivity contribution in [2.45, 2.75) is 11.9 Å². The van der Waals surface area contributed by atoms with Gasteiger partial charge in [0, 0.05) is 17.6 Å². The quantitative estimate of drug-likeness (QED) is 0.722. The first-order valence-electron chi connectivity index (χ1n) is 6.66. The standard InChI is InChI=1S/C16H11ClF3NO2/c1-21-13-5-3-2-4-12(13)14(22)23-15(21,16(18,19)20)10-6-8-11(17)9-7-10/h2-9H,1H3/t15-/m0/s1. The highest BCUT2D eigenvalue weighted by Crippen LogP contribution is 2.50. The van der Waals surface area contributed by atoms with Gasteiger partial charge in [0.25, 0.3) is 0 Å². The van der Waals surface area contributed by atoms with E-state index in [9.17, 15) is 18.0 Å². The third-order valence-corrected chi connectivity index (χ3v) is 4.07. The number of para-hydroxylation sites is 1. The summed E-state index contributed by atoms with van der Waals surface area (Å²) in [6.07, 6.45) is -4.85. The highest BCUT2D eigenvalue weighted by molar-refractivity contribution is 6.30. The van der Waals surface area contributed by atoms with Crippen LogP contribution in [0.2, 0.25) is 5.02 Å². The van der Waals surface area contributed by atoms with Crippen LogP contribution >= 0.6 is 11.6 Å². The van der Waals surface area contributed by atoms with Crippen molar-refractivity contribution in [1.82, 2.24) is 0 Å². The van der Waals surface area contributed by atoms with Gasteiger partial charge in [-0.25, -0.2) is 4.79 Å². The minimum atomic E-state index is -4.85. The molecule has 0 aromatic heterocycles. The third-order valence-electron chi connectivity index (χ3n) is 3.82. The van der Waals surface area contributed by atoms with Crippen LogP contribution in [-0.2, 0) is 10.5 Å². The molecule has 3 rings (SSSR count). The molecule has 0 amide bonds. The lowest BCUT2D eigenvalue weighted by atomic mass is 9.96. The Morgan fingerprint density at radius 1 is 1.09 bits per heavy atom. The van der Waals surface area contributed by atoms with Gasteiger partial charge in [-0.05, 0) is 24.3 Å². The van der Waals surface area contributed by atoms with E-state index in [0.29, 0.717) is 0 Å². The fourth-order valence-corrected chi connectivity index (χ4v) is 2.83. The number of halogens is 4. The van der Waals surface area contributed by atoms with Crippen molar-refractivity contribution in [1.29, 1.82) is 0 Å². The number of carbonyl (C=O) groups is 1. The molecular weight excluding hydrogens is 331 g/mol. The second-order valence-electron chi connectivity index (χ2n) is 5.11. The lowest BCUT2D eigenvalue weighted by Gasteiger charge is -2.46. The number of hydrogen-bond acceptors (Lipinski definition) is 3. The van der Waals surface area contributed by atoms with E-state index in [1.165, 1.54) is 43.4 Å². The smallest absolute Gasteiger partial charge is 0.421 e. The van der Waals surface area contributed by atoms with Crippen LogP contribution in [0.5, 0.6) is 0 Å². The molecule has 120 valence electrons. The van der Waals surface area contributed by atoms with Crippen LogP contribution in [0.4, 0.5) is 18.9 Å². The van der Waals surface area contributed by atoms with Gasteiger partial charge in [-0.3, -0.25) is 0 Å². The number of alkyl halides is 3. The van der Waals surface area contributed by atoms with Gasteiger partial charge in [-0.15, -0.1) is 0 Å². The number of carbonyl (C=O) groups excluding carboxylic acids is 1. The number of anilines is 1. The van der Waals surface area contributed by atoms with Crippen molar-refractivity contribution in [3.05, 3.63) is 64.7 Å². The van der Waals surface area contributed by atoms with Crippen LogP contribution in [0.15, 0.2) is 48.5 Å². The summed E-state index contributed by atoms with van der Waals surface area (Å²) >= 11 is 5.75. The first-order chi connectivity index (χ1) is 10.8. The topological polar surface area (TPSA) is 29.5 Å². The first kappa shape index (κ1) is 15.7. The molecule has 0 aliphatic carbocycles. The number of nitrogens with zero attached hydrogens (tertiary/aromatic N) is 1. The van der Waals surface area contributed by atoms with Crippen LogP contribution in [0.3, 0.4) is 0 Å². The molecule has 0 saturated carbocycles. The van der Waals surface area contributed by atoms with E-state index in [1.54, 1.807) is 12.1 Å². The summed E-state index contributed by atoms with van der Waals surface area (Å²) in [7, 11) is 1.24. The number of rotatable bonds is 1. The van der Waals surface area contributed by atoms with Gasteiger partial charge >= 0.3 is 17.9 Å². The molecule has 1 aliphatic heterocycles. The van der Waals surface area contributed by atoms with Crippen molar-refractivity contribution in [3.8, 4) is 0 Å². The number of cyclic esters (lactones) is 1. The Balaban J connectivity index is 2.26. The second-order valence-corrected chi connectivity index (χ2v) is 5.55. The van der Waals surface area contributed by atoms with Gasteiger partial charge in [0.15, 0.2) is 0 Å². The Labute approximate surface area is 135 Å². The van der Waals surface area contributed by atoms with Crippen LogP contribution in [0, 0.1) is 0 Å². The SMILES string of the molecule is CN1c2ccccc2C(=O)O[C@@]1(c1ccc(Cl)cc1)C(F)(F)F. The van der Waals surface area contributed by atoms with Gasteiger partial charge in [0.2, 0.25) is 0 Å². The maximum atomic E-state index is 13.9. The molecule has 1 heterocycles. The second kappa shape index (κ2) is 5.16. The monoisotopic (exact) mass is 341 g/mol. The van der Waals surface area contributed by atoms with Gasteiger partial charge in [0.1, 0.15) is 0 Å². The molecule has 0 unspecified atom stereocenters. The van der Waals surface area contributed by atoms with Crippen LogP contribution in [0.25, 0.3) is 0 Å². The molecule has 0 fully saturated rings. The van der Waals surface area contributed by atoms with E-state index in [-0.39, 0.29) is 21.8 Å². The van der Waals surface area contributed by atoms with Crippen LogP contribution < -0.4 is 4.90 Å². The summed E-state index contributed by atoms with van der Waals surface area (Å²) in [6, 6.07) is 11.1. The molecule has 0 saturated heterocycles. The van der Waals surface area contributed by atoms with Crippen molar-refractivity contribution in [3.63, 3.8) is 0 Å². The molecule has 2 aromatic carbocycles. The normalized spacial score (nSPS) is 20.9. The molecule has 1 atom stereocenters. The molecule has 0 N–H and O–H groups in total. The van der Waals surface area contributed by atoms with Crippen LogP contribution in [0.1, 0.15) is 15.9 Å². The lowest BCUT2D eigenvalue weighted by molar-refractivity contribution is -0.265. The minimum absolute atomic E-state index is 0.0869. The molecular formula is C16H11ClF3NO2. The van der Waals surface area contributed by atoms with E-state index >= 15 is 0 Å². The Morgan fingerprint density at radius 2 is 1.70 bits per heavy atom. The third kappa shape index (κ3) is 2.25. The Bertz CT molecular complexity index is 761. The Morgan fingerprint density at radius 3 is 2.30 bits per heavy atom. The number of benzene rings is 2. The number of fused-ring (bicyclic) bond motifs is 1. The predicted octanol–water partition coefficient (Wildman–Crippen LogP) is 4.36. The average Bonchev–Trinajstić information content (AvgIpc) is 2.51. The van der Waals surface area contributed by atoms with E-state index < -0.39 is 17.9 Å². The van der Waals surface area contributed by atoms with Crippen LogP contribution in [-0.4, -0.2) is 19.2 Å². The average molecular weight is 342 g/mol. The first-order valence-corrected chi connectivity index (χ1v) is 7.04. The lowest BCUT2D eigenvalue weighted by Crippen LogP contribution is -2.60. The number of ether oxygens (including phenoxy) is 1. The molecule has 1 aliphatic rings. The molecule has 3 nitrogen and oxygen atoms in total. The van der Waals surface area contributed by atoms with Gasteiger partial charge in [0.05, 0.1) is 11.3 Å². The molecule has 0 radical (unpaired) electrons. The summed E-state index contributed by atoms with van der Waals surface area (Å²) in [4.78, 5) is 13.1. The Kier molecular flexibility index (Phi) is 3.52. The zero-order valence-electron chi connectivity index (χ0n) is 11.9. The zero-order chi connectivity index (χ0) is 16.8. The summed E-state index contributed by atoms with van der Waals surface area (Å²) in [5.74, 6) is -1.02. The number of hydrogen-bond donors (Lipinski definition) is 0. The summed E-state index contributed by atoms with van der Waals surface area (Å²) in [5.41, 5.74) is -2.89. The highest BCUT2D eigenvalue weighted by Gasteiger charge is 2.65. The molecule has 2 aromatic rings. The van der Waals surface area contributed by atoms with E-state index in [1.807, 2.05) is 0 Å². The van der Waals surface area contributed by atoms with Crippen molar-refractivity contribution >= 4 is 23.3 Å². The van der Waals surface area contributed by atoms with Crippen molar-refractivity contribution < 1.29 is 22.7 Å². The van der Waals surface area contributed by atoms with E-state index in [0.717, 1.165) is 4.90 Å². The summed E-state index contributed by atoms with van der Waals surface area (Å²) in [5, 5.41) is 0.288. The molecule has 7 heteroatoms. The summed E-state index contributed by atoms with van der Waals surface area (Å²) < 4.78 is 46.8. The highest BCUT2D eigenvalue weighted by atomic mass is 35.5. The summed E-state index contributed by atoms with van der Waals surface area (Å²) in [6.45, 7) is 0. The molecule has 0 bridgehead atoms. The molecule has 23 heavy (non-hydrogen) atoms. The predicted molar refractivity (Wildman–Crippen MR) is 79.4 cm³/mol. The largest absolute Gasteiger partial charge is 0.453 e. The van der Waals surface area contributed by atoms with Gasteiger partial charge in [-0.1, -0.05) is 35.9 Å². The van der Waals surface area contributed by atoms with Gasteiger partial charge < -0.3 is 9.64 Å².